The number of aliphatic imine (C=N–C) groups is 1. The van der Waals surface area contributed by atoms with Gasteiger partial charge in [-0.05, 0) is 18.7 Å². The zero-order valence-corrected chi connectivity index (χ0v) is 10.0. The third-order valence-corrected chi connectivity index (χ3v) is 3.55. The largest absolute Gasteiger partial charge is 0.383 e. The lowest BCUT2D eigenvalue weighted by atomic mass is 9.93. The number of fused-ring (bicyclic) bond motifs is 1. The number of alkyl halides is 1. The molecule has 0 bridgehead atoms. The summed E-state index contributed by atoms with van der Waals surface area (Å²) in [6, 6.07) is 1.97. The van der Waals surface area contributed by atoms with Gasteiger partial charge in [0, 0.05) is 13.0 Å². The van der Waals surface area contributed by atoms with Gasteiger partial charge < -0.3 is 16.4 Å². The van der Waals surface area contributed by atoms with Crippen LogP contribution in [0.15, 0.2) is 17.1 Å². The number of hydrogen-bond acceptors (Lipinski definition) is 4. The summed E-state index contributed by atoms with van der Waals surface area (Å²) in [5.74, 6) is -1.51. The zero-order chi connectivity index (χ0) is 13.6. The molecule has 1 spiro atoms. The Hall–Kier alpha value is -1.76. The number of hydrogen-bond donors (Lipinski definition) is 3. The van der Waals surface area contributed by atoms with E-state index in [1.807, 2.05) is 0 Å². The van der Waals surface area contributed by atoms with Crippen LogP contribution in [0.4, 0.5) is 18.9 Å². The van der Waals surface area contributed by atoms with Gasteiger partial charge in [-0.1, -0.05) is 0 Å². The third kappa shape index (κ3) is 1.76. The first-order chi connectivity index (χ1) is 9.03. The van der Waals surface area contributed by atoms with Gasteiger partial charge in [-0.2, -0.15) is 0 Å². The standard InChI is InChI=1S/C12H13F3N4/c13-6-1-2-7(14)10-9(6)11(16)19-12(18-10)3-4-17-5-8(12)15/h1-2,8,17-18H,3-5H2,(H2,16,19)/t8-,12-/m0/s1. The molecule has 1 aromatic carbocycles. The number of anilines is 1. The highest BCUT2D eigenvalue weighted by molar-refractivity contribution is 6.04. The fourth-order valence-electron chi connectivity index (χ4n) is 2.54. The molecule has 0 amide bonds. The SMILES string of the molecule is NC1=N[C@]2(CCNC[C@@H]2F)Nc2c(F)ccc(F)c21. The highest BCUT2D eigenvalue weighted by atomic mass is 19.1. The van der Waals surface area contributed by atoms with Gasteiger partial charge in [0.05, 0.1) is 11.3 Å². The molecule has 2 aliphatic heterocycles. The lowest BCUT2D eigenvalue weighted by Crippen LogP contribution is -2.58. The van der Waals surface area contributed by atoms with Crippen molar-refractivity contribution in [1.29, 1.82) is 0 Å². The molecule has 0 aromatic heterocycles. The van der Waals surface area contributed by atoms with Crippen molar-refractivity contribution in [3.05, 3.63) is 29.3 Å². The Morgan fingerprint density at radius 3 is 2.79 bits per heavy atom. The molecule has 1 saturated heterocycles. The quantitative estimate of drug-likeness (QED) is 0.662. The molecule has 0 saturated carbocycles. The third-order valence-electron chi connectivity index (χ3n) is 3.55. The lowest BCUT2D eigenvalue weighted by molar-refractivity contribution is 0.167. The molecule has 0 radical (unpaired) electrons. The molecular formula is C12H13F3N4. The summed E-state index contributed by atoms with van der Waals surface area (Å²) in [5.41, 5.74) is 4.15. The minimum absolute atomic E-state index is 0.0933. The van der Waals surface area contributed by atoms with Crippen molar-refractivity contribution in [2.24, 2.45) is 10.7 Å². The summed E-state index contributed by atoms with van der Waals surface area (Å²) in [5, 5.41) is 5.58. The van der Waals surface area contributed by atoms with E-state index < -0.39 is 23.5 Å². The van der Waals surface area contributed by atoms with E-state index in [-0.39, 0.29) is 23.6 Å². The van der Waals surface area contributed by atoms with Crippen LogP contribution in [0.25, 0.3) is 0 Å². The average Bonchev–Trinajstić information content (AvgIpc) is 2.37. The number of amidine groups is 1. The van der Waals surface area contributed by atoms with Crippen LogP contribution in [0.1, 0.15) is 12.0 Å². The van der Waals surface area contributed by atoms with E-state index in [4.69, 9.17) is 5.73 Å². The predicted octanol–water partition coefficient (Wildman–Crippen LogP) is 1.12. The van der Waals surface area contributed by atoms with E-state index in [9.17, 15) is 13.2 Å². The molecule has 7 heteroatoms. The first kappa shape index (κ1) is 12.3. The highest BCUT2D eigenvalue weighted by Gasteiger charge is 2.45. The van der Waals surface area contributed by atoms with Crippen LogP contribution < -0.4 is 16.4 Å². The van der Waals surface area contributed by atoms with E-state index in [1.165, 1.54) is 0 Å². The van der Waals surface area contributed by atoms with Crippen molar-refractivity contribution >= 4 is 11.5 Å². The van der Waals surface area contributed by atoms with Crippen LogP contribution in [0.5, 0.6) is 0 Å². The van der Waals surface area contributed by atoms with E-state index in [2.05, 4.69) is 15.6 Å². The van der Waals surface area contributed by atoms with Crippen LogP contribution in [-0.4, -0.2) is 30.8 Å². The van der Waals surface area contributed by atoms with Gasteiger partial charge in [0.2, 0.25) is 0 Å². The number of nitrogens with one attached hydrogen (secondary N) is 2. The minimum Gasteiger partial charge on any atom is -0.383 e. The van der Waals surface area contributed by atoms with E-state index in [1.54, 1.807) is 0 Å². The normalized spacial score (nSPS) is 29.6. The van der Waals surface area contributed by atoms with Crippen LogP contribution in [0.2, 0.25) is 0 Å². The van der Waals surface area contributed by atoms with Crippen molar-refractivity contribution < 1.29 is 13.2 Å². The van der Waals surface area contributed by atoms with Gasteiger partial charge in [0.25, 0.3) is 0 Å². The Balaban J connectivity index is 2.13. The number of piperidine rings is 1. The first-order valence-corrected chi connectivity index (χ1v) is 6.00. The molecule has 3 rings (SSSR count). The Kier molecular flexibility index (Phi) is 2.67. The summed E-state index contributed by atoms with van der Waals surface area (Å²) in [6.45, 7) is 0.618. The second-order valence-electron chi connectivity index (χ2n) is 4.75. The van der Waals surface area contributed by atoms with Crippen molar-refractivity contribution in [2.75, 3.05) is 18.4 Å². The summed E-state index contributed by atoms with van der Waals surface area (Å²) in [6.07, 6.45) is -1.06. The molecule has 1 fully saturated rings. The average molecular weight is 270 g/mol. The number of halogens is 3. The van der Waals surface area contributed by atoms with Gasteiger partial charge in [-0.15, -0.1) is 0 Å². The molecule has 2 heterocycles. The Morgan fingerprint density at radius 2 is 2.05 bits per heavy atom. The molecule has 2 aliphatic rings. The van der Waals surface area contributed by atoms with Gasteiger partial charge in [-0.3, -0.25) is 0 Å². The molecule has 2 atom stereocenters. The number of benzene rings is 1. The van der Waals surface area contributed by atoms with Crippen LogP contribution >= 0.6 is 0 Å². The summed E-state index contributed by atoms with van der Waals surface area (Å²) >= 11 is 0. The van der Waals surface area contributed by atoms with Crippen molar-refractivity contribution in [1.82, 2.24) is 5.32 Å². The van der Waals surface area contributed by atoms with Gasteiger partial charge >= 0.3 is 0 Å². The minimum atomic E-state index is -1.37. The molecule has 0 aliphatic carbocycles. The maximum absolute atomic E-state index is 14.1. The predicted molar refractivity (Wildman–Crippen MR) is 65.8 cm³/mol. The Labute approximate surface area is 107 Å². The maximum atomic E-state index is 14.1. The molecular weight excluding hydrogens is 257 g/mol. The Bertz CT molecular complexity index is 560. The van der Waals surface area contributed by atoms with Gasteiger partial charge in [0.15, 0.2) is 11.8 Å². The summed E-state index contributed by atoms with van der Waals surface area (Å²) < 4.78 is 41.6. The highest BCUT2D eigenvalue weighted by Crippen LogP contribution is 2.36. The van der Waals surface area contributed by atoms with Crippen molar-refractivity contribution in [3.8, 4) is 0 Å². The van der Waals surface area contributed by atoms with Gasteiger partial charge in [0.1, 0.15) is 17.5 Å². The van der Waals surface area contributed by atoms with Crippen LogP contribution in [0, 0.1) is 11.6 Å². The molecule has 4 nitrogen and oxygen atoms in total. The van der Waals surface area contributed by atoms with Gasteiger partial charge in [-0.25, -0.2) is 18.2 Å². The molecule has 0 unspecified atom stereocenters. The monoisotopic (exact) mass is 270 g/mol. The number of nitrogens with zero attached hydrogens (tertiary/aromatic N) is 1. The molecule has 1 aromatic rings. The first-order valence-electron chi connectivity index (χ1n) is 6.00. The summed E-state index contributed by atoms with van der Waals surface area (Å²) in [4.78, 5) is 4.06. The van der Waals surface area contributed by atoms with Crippen molar-refractivity contribution in [2.45, 2.75) is 18.3 Å². The van der Waals surface area contributed by atoms with Crippen LogP contribution in [-0.2, 0) is 0 Å². The second-order valence-corrected chi connectivity index (χ2v) is 4.75. The Morgan fingerprint density at radius 1 is 1.32 bits per heavy atom. The zero-order valence-electron chi connectivity index (χ0n) is 10.0. The fraction of sp³-hybridized carbons (Fsp3) is 0.417. The smallest absolute Gasteiger partial charge is 0.165 e. The number of nitrogens with two attached hydrogens (primary N) is 1. The van der Waals surface area contributed by atoms with E-state index >= 15 is 0 Å². The lowest BCUT2D eigenvalue weighted by Gasteiger charge is -2.41. The fourth-order valence-corrected chi connectivity index (χ4v) is 2.54. The van der Waals surface area contributed by atoms with E-state index in [0.29, 0.717) is 13.0 Å². The van der Waals surface area contributed by atoms with Crippen LogP contribution in [0.3, 0.4) is 0 Å². The summed E-state index contributed by atoms with van der Waals surface area (Å²) in [7, 11) is 0. The van der Waals surface area contributed by atoms with E-state index in [0.717, 1.165) is 12.1 Å². The second kappa shape index (κ2) is 4.12. The number of rotatable bonds is 0. The maximum Gasteiger partial charge on any atom is 0.165 e. The molecule has 19 heavy (non-hydrogen) atoms. The molecule has 102 valence electrons. The van der Waals surface area contributed by atoms with Crippen molar-refractivity contribution in [3.63, 3.8) is 0 Å². The molecule has 4 N–H and O–H groups in total. The topological polar surface area (TPSA) is 62.4 Å².